The zero-order valence-corrected chi connectivity index (χ0v) is 25.0. The van der Waals surface area contributed by atoms with E-state index in [-0.39, 0.29) is 35.6 Å². The second-order valence-corrected chi connectivity index (χ2v) is 13.3. The zero-order chi connectivity index (χ0) is 33.3. The first-order chi connectivity index (χ1) is 21.0. The van der Waals surface area contributed by atoms with Crippen molar-refractivity contribution in [2.45, 2.75) is 74.1 Å². The molecule has 2 amide bonds. The number of aliphatic hydroxyl groups excluding tert-OH is 1. The number of alkyl halides is 3. The Hall–Kier alpha value is -3.92. The van der Waals surface area contributed by atoms with Gasteiger partial charge in [-0.25, -0.2) is 12.8 Å². The summed E-state index contributed by atoms with van der Waals surface area (Å²) >= 11 is 0. The van der Waals surface area contributed by atoms with E-state index in [0.717, 1.165) is 24.3 Å². The summed E-state index contributed by atoms with van der Waals surface area (Å²) in [4.78, 5) is 36.9. The highest BCUT2D eigenvalue weighted by Gasteiger charge is 2.47. The number of anilines is 1. The number of sulfone groups is 1. The second kappa shape index (κ2) is 12.8. The first-order valence-electron chi connectivity index (χ1n) is 14.0. The van der Waals surface area contributed by atoms with Crippen molar-refractivity contribution in [3.63, 3.8) is 0 Å². The number of carbonyl (C=O) groups excluding carboxylic acids is 2. The Kier molecular flexibility index (Phi) is 9.68. The molecule has 45 heavy (non-hydrogen) atoms. The molecule has 3 atom stereocenters. The molecule has 16 heteroatoms. The average molecular weight is 661 g/mol. The van der Waals surface area contributed by atoms with Crippen LogP contribution in [0.1, 0.15) is 55.8 Å². The van der Waals surface area contributed by atoms with E-state index in [1.54, 1.807) is 6.92 Å². The van der Waals surface area contributed by atoms with Crippen LogP contribution in [0.25, 0.3) is 0 Å². The molecular formula is C29H32F4N2O9S. The molecule has 2 fully saturated rings. The molecule has 2 aromatic carbocycles. The lowest BCUT2D eigenvalue weighted by molar-refractivity contribution is -0.150. The van der Waals surface area contributed by atoms with Crippen molar-refractivity contribution in [2.75, 3.05) is 12.4 Å². The van der Waals surface area contributed by atoms with Gasteiger partial charge in [-0.1, -0.05) is 6.07 Å². The molecule has 0 radical (unpaired) electrons. The van der Waals surface area contributed by atoms with Crippen LogP contribution in [0.5, 0.6) is 11.5 Å². The number of methoxy groups -OCH3 is 1. The lowest BCUT2D eigenvalue weighted by Gasteiger charge is -2.34. The average Bonchev–Trinajstić information content (AvgIpc) is 3.34. The van der Waals surface area contributed by atoms with E-state index in [4.69, 9.17) is 9.47 Å². The molecule has 0 bridgehead atoms. The van der Waals surface area contributed by atoms with Gasteiger partial charge in [0.25, 0.3) is 15.7 Å². The van der Waals surface area contributed by atoms with Crippen LogP contribution in [-0.2, 0) is 19.4 Å². The van der Waals surface area contributed by atoms with Crippen molar-refractivity contribution >= 4 is 33.3 Å². The van der Waals surface area contributed by atoms with E-state index in [1.807, 2.05) is 0 Å². The van der Waals surface area contributed by atoms with Gasteiger partial charge in [0, 0.05) is 11.8 Å². The van der Waals surface area contributed by atoms with Gasteiger partial charge in [0.2, 0.25) is 5.91 Å². The van der Waals surface area contributed by atoms with Crippen LogP contribution in [-0.4, -0.2) is 67.3 Å². The number of nitrogens with one attached hydrogen (secondary N) is 2. The first kappa shape index (κ1) is 34.0. The number of aliphatic carboxylic acids is 1. The Morgan fingerprint density at radius 1 is 1.02 bits per heavy atom. The number of benzene rings is 2. The van der Waals surface area contributed by atoms with Gasteiger partial charge in [0.1, 0.15) is 5.75 Å². The molecule has 0 saturated heterocycles. The van der Waals surface area contributed by atoms with Crippen LogP contribution in [0.15, 0.2) is 41.3 Å². The summed E-state index contributed by atoms with van der Waals surface area (Å²) in [5.41, 5.74) is -6.89. The van der Waals surface area contributed by atoms with Crippen LogP contribution in [0.2, 0.25) is 0 Å². The highest BCUT2D eigenvalue weighted by atomic mass is 32.2. The van der Waals surface area contributed by atoms with Crippen molar-refractivity contribution in [3.8, 4) is 11.5 Å². The maximum atomic E-state index is 14.9. The fourth-order valence-corrected chi connectivity index (χ4v) is 6.33. The lowest BCUT2D eigenvalue weighted by Crippen LogP contribution is -2.47. The SMILES string of the molecule is COc1cc(F)c(O[C@H]2CC[C@@](C)(C(=O)O)CC2)cc1C(=O)NC1C(C(=O)Nc2cccc(S(=O)(=O)C(F)(F)F)c2)CC[C@H]1O. The van der Waals surface area contributed by atoms with E-state index in [2.05, 4.69) is 10.6 Å². The zero-order valence-electron chi connectivity index (χ0n) is 24.2. The normalized spacial score (nSPS) is 25.3. The molecule has 2 aromatic rings. The minimum atomic E-state index is -5.67. The largest absolute Gasteiger partial charge is 0.501 e. The molecule has 0 heterocycles. The first-order valence-corrected chi connectivity index (χ1v) is 15.4. The van der Waals surface area contributed by atoms with Gasteiger partial charge in [-0.2, -0.15) is 13.2 Å². The monoisotopic (exact) mass is 660 g/mol. The van der Waals surface area contributed by atoms with Crippen LogP contribution >= 0.6 is 0 Å². The van der Waals surface area contributed by atoms with Gasteiger partial charge in [0.15, 0.2) is 11.6 Å². The molecule has 2 saturated carbocycles. The molecular weight excluding hydrogens is 628 g/mol. The topological polar surface area (TPSA) is 168 Å². The number of rotatable bonds is 9. The predicted molar refractivity (Wildman–Crippen MR) is 150 cm³/mol. The number of carboxylic acid groups (broad SMARTS) is 1. The van der Waals surface area contributed by atoms with E-state index < -0.39 is 73.4 Å². The van der Waals surface area contributed by atoms with Crippen LogP contribution < -0.4 is 20.1 Å². The number of hydrogen-bond acceptors (Lipinski definition) is 8. The molecule has 11 nitrogen and oxygen atoms in total. The summed E-state index contributed by atoms with van der Waals surface area (Å²) in [7, 11) is -4.47. The van der Waals surface area contributed by atoms with E-state index in [9.17, 15) is 50.6 Å². The molecule has 0 aromatic heterocycles. The molecule has 4 rings (SSSR count). The van der Waals surface area contributed by atoms with Crippen molar-refractivity contribution in [3.05, 3.63) is 47.8 Å². The number of carboxylic acids is 1. The number of carbonyl (C=O) groups is 3. The van der Waals surface area contributed by atoms with E-state index in [1.165, 1.54) is 13.2 Å². The van der Waals surface area contributed by atoms with Gasteiger partial charge < -0.3 is 30.3 Å². The summed E-state index contributed by atoms with van der Waals surface area (Å²) < 4.78 is 88.4. The number of amides is 2. The van der Waals surface area contributed by atoms with Crippen molar-refractivity contribution in [2.24, 2.45) is 11.3 Å². The molecule has 2 unspecified atom stereocenters. The van der Waals surface area contributed by atoms with Gasteiger partial charge in [-0.05, 0) is 69.7 Å². The molecule has 246 valence electrons. The van der Waals surface area contributed by atoms with E-state index >= 15 is 0 Å². The highest BCUT2D eigenvalue weighted by Crippen LogP contribution is 2.39. The van der Waals surface area contributed by atoms with Crippen molar-refractivity contribution in [1.29, 1.82) is 0 Å². The third-order valence-corrected chi connectivity index (χ3v) is 9.80. The molecule has 0 aliphatic heterocycles. The quantitative estimate of drug-likeness (QED) is 0.290. The Morgan fingerprint density at radius 3 is 2.29 bits per heavy atom. The summed E-state index contributed by atoms with van der Waals surface area (Å²) in [5.74, 6) is -4.92. The fourth-order valence-electron chi connectivity index (χ4n) is 5.52. The number of aliphatic hydroxyl groups is 1. The predicted octanol–water partition coefficient (Wildman–Crippen LogP) is 4.05. The van der Waals surface area contributed by atoms with Gasteiger partial charge in [-0.15, -0.1) is 0 Å². The molecule has 2 aliphatic rings. The second-order valence-electron chi connectivity index (χ2n) is 11.4. The summed E-state index contributed by atoms with van der Waals surface area (Å²) in [5, 5.41) is 24.9. The Bertz CT molecular complexity index is 1570. The van der Waals surface area contributed by atoms with Crippen molar-refractivity contribution in [1.82, 2.24) is 5.32 Å². The molecule has 0 spiro atoms. The maximum absolute atomic E-state index is 14.9. The number of halogens is 4. The summed E-state index contributed by atoms with van der Waals surface area (Å²) in [6.45, 7) is 1.63. The number of ether oxygens (including phenoxy) is 2. The van der Waals surface area contributed by atoms with Crippen LogP contribution in [0.4, 0.5) is 23.2 Å². The third-order valence-electron chi connectivity index (χ3n) is 8.32. The Labute approximate surface area is 255 Å². The Balaban J connectivity index is 1.49. The lowest BCUT2D eigenvalue weighted by atomic mass is 9.75. The smallest absolute Gasteiger partial charge is 0.496 e. The van der Waals surface area contributed by atoms with Gasteiger partial charge >= 0.3 is 11.5 Å². The molecule has 4 N–H and O–H groups in total. The maximum Gasteiger partial charge on any atom is 0.501 e. The van der Waals surface area contributed by atoms with E-state index in [0.29, 0.717) is 31.7 Å². The van der Waals surface area contributed by atoms with Crippen LogP contribution in [0, 0.1) is 17.2 Å². The van der Waals surface area contributed by atoms with Gasteiger partial charge in [-0.3, -0.25) is 14.4 Å². The number of hydrogen-bond donors (Lipinski definition) is 4. The Morgan fingerprint density at radius 2 is 1.69 bits per heavy atom. The minimum absolute atomic E-state index is 0.0738. The molecule has 2 aliphatic carbocycles. The summed E-state index contributed by atoms with van der Waals surface area (Å²) in [6, 6.07) is 4.46. The van der Waals surface area contributed by atoms with Gasteiger partial charge in [0.05, 0.1) is 47.2 Å². The summed E-state index contributed by atoms with van der Waals surface area (Å²) in [6.07, 6.45) is -0.257. The standard InChI is InChI=1S/C29H32F4N2O9S/c1-28(27(39)40)10-8-16(9-11-28)44-23-13-19(22(43-2)14-20(23)30)26(38)35-24-18(6-7-21(24)36)25(37)34-15-4-3-5-17(12-15)45(41,42)29(31,32)33/h3-5,12-14,16,18,21,24,36H,6-11H2,1-2H3,(H,34,37)(H,35,38)(H,39,40)/t16-,18?,21-,24?,28+/m1/s1. The minimum Gasteiger partial charge on any atom is -0.496 e. The van der Waals surface area contributed by atoms with Crippen LogP contribution in [0.3, 0.4) is 0 Å². The van der Waals surface area contributed by atoms with Crippen molar-refractivity contribution < 1.29 is 60.0 Å². The highest BCUT2D eigenvalue weighted by molar-refractivity contribution is 7.92. The third kappa shape index (κ3) is 7.16. The fraction of sp³-hybridized carbons (Fsp3) is 0.483.